The van der Waals surface area contributed by atoms with Crippen molar-refractivity contribution in [2.24, 2.45) is 0 Å². The molecule has 0 bridgehead atoms. The van der Waals surface area contributed by atoms with Gasteiger partial charge in [-0.25, -0.2) is 0 Å². The first-order chi connectivity index (χ1) is 9.20. The molecule has 0 amide bonds. The summed E-state index contributed by atoms with van der Waals surface area (Å²) in [6, 6.07) is 15.3. The average Bonchev–Trinajstić information content (AvgIpc) is 2.45. The van der Waals surface area contributed by atoms with Crippen LogP contribution in [0.5, 0.6) is 11.5 Å². The Morgan fingerprint density at radius 2 is 1.89 bits per heavy atom. The summed E-state index contributed by atoms with van der Waals surface area (Å²) >= 11 is 0. The Morgan fingerprint density at radius 3 is 2.63 bits per heavy atom. The van der Waals surface area contributed by atoms with Gasteiger partial charge in [0.25, 0.3) is 0 Å². The quantitative estimate of drug-likeness (QED) is 0.894. The molecule has 0 aromatic heterocycles. The summed E-state index contributed by atoms with van der Waals surface area (Å²) in [5.74, 6) is 1.52. The van der Waals surface area contributed by atoms with E-state index in [1.54, 1.807) is 14.0 Å². The van der Waals surface area contributed by atoms with Gasteiger partial charge in [-0.2, -0.15) is 0 Å². The van der Waals surface area contributed by atoms with E-state index >= 15 is 0 Å². The van der Waals surface area contributed by atoms with E-state index in [9.17, 15) is 5.11 Å². The van der Waals surface area contributed by atoms with Crippen LogP contribution in [0.25, 0.3) is 0 Å². The highest BCUT2D eigenvalue weighted by molar-refractivity contribution is 5.35. The van der Waals surface area contributed by atoms with Gasteiger partial charge in [0.15, 0.2) is 0 Å². The highest BCUT2D eigenvalue weighted by atomic mass is 16.5. The molecule has 0 spiro atoms. The van der Waals surface area contributed by atoms with Gasteiger partial charge >= 0.3 is 0 Å². The van der Waals surface area contributed by atoms with E-state index < -0.39 is 6.10 Å². The molecule has 1 atom stereocenters. The number of benzene rings is 2. The molecular weight excluding hydrogens is 240 g/mol. The number of hydrogen-bond acceptors (Lipinski definition) is 3. The Kier molecular flexibility index (Phi) is 4.42. The van der Waals surface area contributed by atoms with Crippen molar-refractivity contribution in [2.45, 2.75) is 19.6 Å². The molecule has 2 rings (SSSR count). The second kappa shape index (κ2) is 6.25. The Balaban J connectivity index is 2.10. The normalized spacial score (nSPS) is 11.9. The first kappa shape index (κ1) is 13.4. The van der Waals surface area contributed by atoms with Gasteiger partial charge in [0, 0.05) is 5.56 Å². The fourth-order valence-electron chi connectivity index (χ4n) is 1.88. The van der Waals surface area contributed by atoms with E-state index in [0.29, 0.717) is 12.4 Å². The van der Waals surface area contributed by atoms with Crippen LogP contribution in [0.4, 0.5) is 0 Å². The molecule has 3 nitrogen and oxygen atoms in total. The molecule has 0 unspecified atom stereocenters. The van der Waals surface area contributed by atoms with Crippen molar-refractivity contribution in [1.29, 1.82) is 0 Å². The maximum atomic E-state index is 9.68. The van der Waals surface area contributed by atoms with Crippen LogP contribution in [0.3, 0.4) is 0 Å². The first-order valence-corrected chi connectivity index (χ1v) is 6.23. The summed E-state index contributed by atoms with van der Waals surface area (Å²) in [7, 11) is 1.64. The summed E-state index contributed by atoms with van der Waals surface area (Å²) in [6.45, 7) is 2.18. The number of aliphatic hydroxyl groups excluding tert-OH is 1. The largest absolute Gasteiger partial charge is 0.497 e. The molecule has 3 heteroatoms. The van der Waals surface area contributed by atoms with E-state index in [1.165, 1.54) is 0 Å². The highest BCUT2D eigenvalue weighted by Crippen LogP contribution is 2.25. The zero-order valence-electron chi connectivity index (χ0n) is 11.2. The number of hydrogen-bond donors (Lipinski definition) is 1. The van der Waals surface area contributed by atoms with E-state index in [0.717, 1.165) is 16.9 Å². The third-order valence-corrected chi connectivity index (χ3v) is 2.90. The Hall–Kier alpha value is -2.00. The Labute approximate surface area is 113 Å². The van der Waals surface area contributed by atoms with Crippen LogP contribution in [-0.4, -0.2) is 12.2 Å². The van der Waals surface area contributed by atoms with Crippen LogP contribution in [0, 0.1) is 0 Å². The third kappa shape index (κ3) is 3.48. The van der Waals surface area contributed by atoms with Crippen molar-refractivity contribution in [3.05, 3.63) is 59.7 Å². The lowest BCUT2D eigenvalue weighted by Crippen LogP contribution is -2.01. The van der Waals surface area contributed by atoms with Crippen molar-refractivity contribution in [3.63, 3.8) is 0 Å². The summed E-state index contributed by atoms with van der Waals surface area (Å²) < 4.78 is 10.9. The van der Waals surface area contributed by atoms with E-state index in [2.05, 4.69) is 0 Å². The van der Waals surface area contributed by atoms with Crippen LogP contribution in [0.1, 0.15) is 24.2 Å². The minimum absolute atomic E-state index is 0.445. The SMILES string of the molecule is COc1cccc(COc2ccccc2[C@H](C)O)c1. The highest BCUT2D eigenvalue weighted by Gasteiger charge is 2.08. The number of rotatable bonds is 5. The number of aliphatic hydroxyl groups is 1. The molecule has 2 aromatic rings. The average molecular weight is 258 g/mol. The molecule has 100 valence electrons. The van der Waals surface area contributed by atoms with Gasteiger partial charge in [0.2, 0.25) is 0 Å². The fourth-order valence-corrected chi connectivity index (χ4v) is 1.88. The lowest BCUT2D eigenvalue weighted by molar-refractivity contribution is 0.190. The van der Waals surface area contributed by atoms with Crippen molar-refractivity contribution in [2.75, 3.05) is 7.11 Å². The van der Waals surface area contributed by atoms with Crippen LogP contribution in [0.2, 0.25) is 0 Å². The summed E-state index contributed by atoms with van der Waals surface area (Å²) in [6.07, 6.45) is -0.540. The summed E-state index contributed by atoms with van der Waals surface area (Å²) in [5, 5.41) is 9.68. The molecule has 0 aliphatic heterocycles. The Morgan fingerprint density at radius 1 is 1.11 bits per heavy atom. The maximum absolute atomic E-state index is 9.68. The van der Waals surface area contributed by atoms with Crippen molar-refractivity contribution in [1.82, 2.24) is 0 Å². The predicted octanol–water partition coefficient (Wildman–Crippen LogP) is 3.33. The minimum Gasteiger partial charge on any atom is -0.497 e. The smallest absolute Gasteiger partial charge is 0.125 e. The van der Waals surface area contributed by atoms with Crippen molar-refractivity contribution >= 4 is 0 Å². The minimum atomic E-state index is -0.540. The maximum Gasteiger partial charge on any atom is 0.125 e. The van der Waals surface area contributed by atoms with Crippen LogP contribution in [0.15, 0.2) is 48.5 Å². The second-order valence-electron chi connectivity index (χ2n) is 4.35. The molecule has 0 saturated carbocycles. The zero-order chi connectivity index (χ0) is 13.7. The van der Waals surface area contributed by atoms with Crippen LogP contribution >= 0.6 is 0 Å². The number of para-hydroxylation sites is 1. The van der Waals surface area contributed by atoms with Crippen LogP contribution in [-0.2, 0) is 6.61 Å². The lowest BCUT2D eigenvalue weighted by Gasteiger charge is -2.13. The molecular formula is C16H18O3. The molecule has 0 fully saturated rings. The second-order valence-corrected chi connectivity index (χ2v) is 4.35. The fraction of sp³-hybridized carbons (Fsp3) is 0.250. The molecule has 0 aliphatic rings. The number of ether oxygens (including phenoxy) is 2. The number of methoxy groups -OCH3 is 1. The van der Waals surface area contributed by atoms with Crippen molar-refractivity contribution in [3.8, 4) is 11.5 Å². The molecule has 1 N–H and O–H groups in total. The zero-order valence-corrected chi connectivity index (χ0v) is 11.2. The van der Waals surface area contributed by atoms with Gasteiger partial charge in [-0.15, -0.1) is 0 Å². The molecule has 0 saturated heterocycles. The van der Waals surface area contributed by atoms with Crippen molar-refractivity contribution < 1.29 is 14.6 Å². The van der Waals surface area contributed by atoms with E-state index in [-0.39, 0.29) is 0 Å². The summed E-state index contributed by atoms with van der Waals surface area (Å²) in [4.78, 5) is 0. The molecule has 2 aromatic carbocycles. The van der Waals surface area contributed by atoms with Gasteiger partial charge in [0.05, 0.1) is 13.2 Å². The molecule has 0 radical (unpaired) electrons. The van der Waals surface area contributed by atoms with Gasteiger partial charge < -0.3 is 14.6 Å². The predicted molar refractivity (Wildman–Crippen MR) is 74.4 cm³/mol. The van der Waals surface area contributed by atoms with Gasteiger partial charge in [-0.3, -0.25) is 0 Å². The van der Waals surface area contributed by atoms with Gasteiger partial charge in [-0.1, -0.05) is 30.3 Å². The van der Waals surface area contributed by atoms with E-state index in [1.807, 2.05) is 48.5 Å². The lowest BCUT2D eigenvalue weighted by atomic mass is 10.1. The Bertz CT molecular complexity index is 535. The monoisotopic (exact) mass is 258 g/mol. The van der Waals surface area contributed by atoms with Gasteiger partial charge in [0.1, 0.15) is 18.1 Å². The molecule has 19 heavy (non-hydrogen) atoms. The molecule has 0 aliphatic carbocycles. The summed E-state index contributed by atoms with van der Waals surface area (Å²) in [5.41, 5.74) is 1.82. The molecule has 0 heterocycles. The van der Waals surface area contributed by atoms with E-state index in [4.69, 9.17) is 9.47 Å². The standard InChI is InChI=1S/C16H18O3/c1-12(17)15-8-3-4-9-16(15)19-11-13-6-5-7-14(10-13)18-2/h3-10,12,17H,11H2,1-2H3/t12-/m0/s1. The first-order valence-electron chi connectivity index (χ1n) is 6.23. The van der Waals surface area contributed by atoms with Gasteiger partial charge in [-0.05, 0) is 30.7 Å². The van der Waals surface area contributed by atoms with Crippen LogP contribution < -0.4 is 9.47 Å². The third-order valence-electron chi connectivity index (χ3n) is 2.90. The topological polar surface area (TPSA) is 38.7 Å².